The molecular formula is C26H36O5Si. The number of fused-ring (bicyclic) bond motifs is 1. The van der Waals surface area contributed by atoms with Gasteiger partial charge in [0.1, 0.15) is 18.3 Å². The van der Waals surface area contributed by atoms with Crippen molar-refractivity contribution < 1.29 is 23.7 Å². The second-order valence-electron chi connectivity index (χ2n) is 10.3. The number of aliphatic hydroxyl groups is 1. The van der Waals surface area contributed by atoms with Gasteiger partial charge in [-0.3, -0.25) is 0 Å². The number of ether oxygens (including phenoxy) is 3. The van der Waals surface area contributed by atoms with Gasteiger partial charge < -0.3 is 23.7 Å². The SMILES string of the molecule is CC1(C)O[C@@H]2[C@H](O1)[C@@H](O)CO[C@H]2CCO[Si](c1ccccc1)(c1ccccc1)C(C)(C)C. The van der Waals surface area contributed by atoms with Gasteiger partial charge in [0.2, 0.25) is 0 Å². The maximum atomic E-state index is 10.3. The molecule has 174 valence electrons. The zero-order valence-electron chi connectivity index (χ0n) is 19.8. The van der Waals surface area contributed by atoms with Crippen LogP contribution in [-0.2, 0) is 18.6 Å². The lowest BCUT2D eigenvalue weighted by molar-refractivity contribution is -0.154. The molecule has 0 spiro atoms. The Morgan fingerprint density at radius 2 is 1.47 bits per heavy atom. The van der Waals surface area contributed by atoms with Crippen molar-refractivity contribution in [3.8, 4) is 0 Å². The highest BCUT2D eigenvalue weighted by Crippen LogP contribution is 2.39. The first-order valence-electron chi connectivity index (χ1n) is 11.5. The molecule has 0 saturated carbocycles. The molecule has 4 rings (SSSR count). The second-order valence-corrected chi connectivity index (χ2v) is 14.6. The van der Waals surface area contributed by atoms with Crippen LogP contribution < -0.4 is 10.4 Å². The normalized spacial score (nSPS) is 27.8. The van der Waals surface area contributed by atoms with Gasteiger partial charge in [-0.05, 0) is 35.7 Å². The predicted octanol–water partition coefficient (Wildman–Crippen LogP) is 3.23. The Labute approximate surface area is 192 Å². The van der Waals surface area contributed by atoms with E-state index < -0.39 is 20.2 Å². The molecule has 0 aliphatic carbocycles. The van der Waals surface area contributed by atoms with Crippen LogP contribution in [0.4, 0.5) is 0 Å². The average Bonchev–Trinajstić information content (AvgIpc) is 3.09. The topological polar surface area (TPSA) is 57.2 Å². The molecule has 0 bridgehead atoms. The Kier molecular flexibility index (Phi) is 6.65. The zero-order chi connectivity index (χ0) is 23.0. The number of hydrogen-bond donors (Lipinski definition) is 1. The average molecular weight is 457 g/mol. The number of benzene rings is 2. The molecule has 0 radical (unpaired) electrons. The Hall–Kier alpha value is -1.54. The number of rotatable bonds is 6. The van der Waals surface area contributed by atoms with E-state index in [0.29, 0.717) is 13.0 Å². The fourth-order valence-electron chi connectivity index (χ4n) is 5.15. The molecule has 2 aromatic rings. The fraction of sp³-hybridized carbons (Fsp3) is 0.538. The Bertz CT molecular complexity index is 841. The lowest BCUT2D eigenvalue weighted by Crippen LogP contribution is -2.66. The highest BCUT2D eigenvalue weighted by atomic mass is 28.4. The monoisotopic (exact) mass is 456 g/mol. The minimum absolute atomic E-state index is 0.0726. The first-order chi connectivity index (χ1) is 15.1. The van der Waals surface area contributed by atoms with Crippen molar-refractivity contribution in [2.75, 3.05) is 13.2 Å². The summed E-state index contributed by atoms with van der Waals surface area (Å²) in [5.74, 6) is -0.721. The van der Waals surface area contributed by atoms with Gasteiger partial charge >= 0.3 is 0 Å². The van der Waals surface area contributed by atoms with Crippen molar-refractivity contribution in [2.24, 2.45) is 0 Å². The van der Waals surface area contributed by atoms with E-state index in [-0.39, 0.29) is 30.0 Å². The van der Waals surface area contributed by atoms with E-state index in [1.54, 1.807) is 0 Å². The minimum Gasteiger partial charge on any atom is -0.407 e. The molecule has 1 N–H and O–H groups in total. The summed E-state index contributed by atoms with van der Waals surface area (Å²) in [5, 5.41) is 12.8. The molecule has 2 saturated heterocycles. The maximum Gasteiger partial charge on any atom is 0.261 e. The van der Waals surface area contributed by atoms with Gasteiger partial charge in [-0.25, -0.2) is 0 Å². The summed E-state index contributed by atoms with van der Waals surface area (Å²) in [6.07, 6.45) is -0.829. The van der Waals surface area contributed by atoms with Crippen LogP contribution in [0.3, 0.4) is 0 Å². The third kappa shape index (κ3) is 4.45. The molecule has 2 heterocycles. The fourth-order valence-corrected chi connectivity index (χ4v) is 9.73. The Morgan fingerprint density at radius 3 is 2.00 bits per heavy atom. The molecule has 6 heteroatoms. The van der Waals surface area contributed by atoms with Crippen molar-refractivity contribution in [3.63, 3.8) is 0 Å². The Morgan fingerprint density at radius 1 is 0.938 bits per heavy atom. The molecule has 0 aromatic heterocycles. The van der Waals surface area contributed by atoms with Crippen LogP contribution in [0, 0.1) is 0 Å². The molecular weight excluding hydrogens is 420 g/mol. The lowest BCUT2D eigenvalue weighted by Gasteiger charge is -2.43. The van der Waals surface area contributed by atoms with E-state index in [2.05, 4.69) is 81.4 Å². The van der Waals surface area contributed by atoms with Gasteiger partial charge in [-0.2, -0.15) is 0 Å². The summed E-state index contributed by atoms with van der Waals surface area (Å²) < 4.78 is 25.0. The summed E-state index contributed by atoms with van der Waals surface area (Å²) in [4.78, 5) is 0. The van der Waals surface area contributed by atoms with Crippen LogP contribution in [-0.4, -0.2) is 56.8 Å². The van der Waals surface area contributed by atoms with Gasteiger partial charge in [0.05, 0.1) is 12.7 Å². The molecule has 4 atom stereocenters. The number of hydrogen-bond acceptors (Lipinski definition) is 5. The van der Waals surface area contributed by atoms with E-state index in [1.807, 2.05) is 13.8 Å². The molecule has 0 amide bonds. The third-order valence-electron chi connectivity index (χ3n) is 6.53. The van der Waals surface area contributed by atoms with Crippen LogP contribution in [0.15, 0.2) is 60.7 Å². The van der Waals surface area contributed by atoms with Gasteiger partial charge in [0, 0.05) is 6.61 Å². The first kappa shape index (κ1) is 23.6. The molecule has 2 aliphatic rings. The van der Waals surface area contributed by atoms with Crippen LogP contribution >= 0.6 is 0 Å². The summed E-state index contributed by atoms with van der Waals surface area (Å²) in [6, 6.07) is 21.3. The zero-order valence-corrected chi connectivity index (χ0v) is 20.8. The first-order valence-corrected chi connectivity index (χ1v) is 13.5. The standard InChI is InChI=1S/C26H36O5Si/c1-25(2,3)32(19-12-8-6-9-13-19,20-14-10-7-11-15-20)29-17-16-22-24-23(21(27)18-28-22)30-26(4,5)31-24/h6-15,21-24,27H,16-18H2,1-5H3/t21-,22-,23+,24-/m0/s1. The molecule has 32 heavy (non-hydrogen) atoms. The highest BCUT2D eigenvalue weighted by Gasteiger charge is 2.53. The summed E-state index contributed by atoms with van der Waals surface area (Å²) in [5.41, 5.74) is 0. The maximum absolute atomic E-state index is 10.3. The van der Waals surface area contributed by atoms with E-state index in [4.69, 9.17) is 18.6 Å². The summed E-state index contributed by atoms with van der Waals surface area (Å²) >= 11 is 0. The molecule has 2 aromatic carbocycles. The number of aliphatic hydroxyl groups excluding tert-OH is 1. The van der Waals surface area contributed by atoms with Crippen LogP contribution in [0.5, 0.6) is 0 Å². The van der Waals surface area contributed by atoms with Crippen molar-refractivity contribution >= 4 is 18.7 Å². The van der Waals surface area contributed by atoms with Crippen molar-refractivity contribution in [1.29, 1.82) is 0 Å². The molecule has 2 aliphatic heterocycles. The van der Waals surface area contributed by atoms with Gasteiger partial charge in [-0.1, -0.05) is 81.4 Å². The van der Waals surface area contributed by atoms with Gasteiger partial charge in [0.25, 0.3) is 8.32 Å². The van der Waals surface area contributed by atoms with Gasteiger partial charge in [0.15, 0.2) is 5.79 Å². The minimum atomic E-state index is -2.59. The largest absolute Gasteiger partial charge is 0.407 e. The quantitative estimate of drug-likeness (QED) is 0.677. The van der Waals surface area contributed by atoms with Crippen LogP contribution in [0.2, 0.25) is 5.04 Å². The van der Waals surface area contributed by atoms with E-state index in [1.165, 1.54) is 10.4 Å². The predicted molar refractivity (Wildman–Crippen MR) is 128 cm³/mol. The van der Waals surface area contributed by atoms with E-state index >= 15 is 0 Å². The molecule has 0 unspecified atom stereocenters. The second kappa shape index (κ2) is 9.01. The van der Waals surface area contributed by atoms with Crippen molar-refractivity contribution in [1.82, 2.24) is 0 Å². The van der Waals surface area contributed by atoms with Crippen LogP contribution in [0.25, 0.3) is 0 Å². The van der Waals surface area contributed by atoms with Crippen molar-refractivity contribution in [2.45, 2.75) is 76.3 Å². The lowest BCUT2D eigenvalue weighted by atomic mass is 9.98. The third-order valence-corrected chi connectivity index (χ3v) is 11.6. The smallest absolute Gasteiger partial charge is 0.261 e. The Balaban J connectivity index is 1.59. The van der Waals surface area contributed by atoms with E-state index in [9.17, 15) is 5.11 Å². The summed E-state index contributed by atoms with van der Waals surface area (Å²) in [6.45, 7) is 11.4. The highest BCUT2D eigenvalue weighted by molar-refractivity contribution is 6.99. The summed E-state index contributed by atoms with van der Waals surface area (Å²) in [7, 11) is -2.59. The van der Waals surface area contributed by atoms with Crippen molar-refractivity contribution in [3.05, 3.63) is 60.7 Å². The molecule has 5 nitrogen and oxygen atoms in total. The van der Waals surface area contributed by atoms with Crippen LogP contribution in [0.1, 0.15) is 41.0 Å². The molecule has 2 fully saturated rings. The van der Waals surface area contributed by atoms with E-state index in [0.717, 1.165) is 0 Å². The van der Waals surface area contributed by atoms with Gasteiger partial charge in [-0.15, -0.1) is 0 Å².